The first-order valence-corrected chi connectivity index (χ1v) is 8.22. The Morgan fingerprint density at radius 2 is 1.88 bits per heavy atom. The SMILES string of the molecule is COc1ncccc1C(=O)N1CCN(C(C)=O)[C@H](c2ccccc2)C1. The van der Waals surface area contributed by atoms with Gasteiger partial charge in [0.2, 0.25) is 11.8 Å². The highest BCUT2D eigenvalue weighted by Crippen LogP contribution is 2.27. The highest BCUT2D eigenvalue weighted by atomic mass is 16.5. The predicted octanol–water partition coefficient (Wildman–Crippen LogP) is 2.14. The average molecular weight is 339 g/mol. The van der Waals surface area contributed by atoms with Crippen LogP contribution in [0.15, 0.2) is 48.7 Å². The Labute approximate surface area is 147 Å². The number of ether oxygens (including phenoxy) is 1. The van der Waals surface area contributed by atoms with Crippen molar-refractivity contribution >= 4 is 11.8 Å². The predicted molar refractivity (Wildman–Crippen MR) is 93.3 cm³/mol. The van der Waals surface area contributed by atoms with Crippen molar-refractivity contribution in [1.29, 1.82) is 0 Å². The Balaban J connectivity index is 1.87. The van der Waals surface area contributed by atoms with Gasteiger partial charge in [-0.05, 0) is 17.7 Å². The molecule has 2 heterocycles. The number of rotatable bonds is 3. The quantitative estimate of drug-likeness (QED) is 0.859. The van der Waals surface area contributed by atoms with Crippen molar-refractivity contribution < 1.29 is 14.3 Å². The highest BCUT2D eigenvalue weighted by Gasteiger charge is 2.33. The zero-order valence-electron chi connectivity index (χ0n) is 14.4. The minimum Gasteiger partial charge on any atom is -0.480 e. The van der Waals surface area contributed by atoms with Crippen LogP contribution in [-0.2, 0) is 4.79 Å². The van der Waals surface area contributed by atoms with Gasteiger partial charge in [0.1, 0.15) is 5.56 Å². The van der Waals surface area contributed by atoms with Crippen LogP contribution in [0.4, 0.5) is 0 Å². The van der Waals surface area contributed by atoms with Gasteiger partial charge in [0, 0.05) is 32.8 Å². The lowest BCUT2D eigenvalue weighted by atomic mass is 10.0. The fourth-order valence-electron chi connectivity index (χ4n) is 3.19. The van der Waals surface area contributed by atoms with Gasteiger partial charge in [-0.15, -0.1) is 0 Å². The van der Waals surface area contributed by atoms with E-state index in [1.807, 2.05) is 35.2 Å². The summed E-state index contributed by atoms with van der Waals surface area (Å²) >= 11 is 0. The molecule has 1 saturated heterocycles. The van der Waals surface area contributed by atoms with Gasteiger partial charge in [-0.1, -0.05) is 30.3 Å². The second-order valence-electron chi connectivity index (χ2n) is 5.95. The smallest absolute Gasteiger partial charge is 0.259 e. The number of amides is 2. The van der Waals surface area contributed by atoms with E-state index in [4.69, 9.17) is 4.74 Å². The first kappa shape index (κ1) is 17.0. The number of methoxy groups -OCH3 is 1. The molecular weight excluding hydrogens is 318 g/mol. The Morgan fingerprint density at radius 3 is 2.56 bits per heavy atom. The molecule has 0 saturated carbocycles. The van der Waals surface area contributed by atoms with Crippen LogP contribution in [0.25, 0.3) is 0 Å². The molecule has 0 spiro atoms. The van der Waals surface area contributed by atoms with Crippen molar-refractivity contribution in [2.45, 2.75) is 13.0 Å². The van der Waals surface area contributed by atoms with Crippen molar-refractivity contribution in [2.24, 2.45) is 0 Å². The first-order chi connectivity index (χ1) is 12.1. The molecule has 1 aromatic carbocycles. The van der Waals surface area contributed by atoms with Crippen molar-refractivity contribution in [3.8, 4) is 5.88 Å². The lowest BCUT2D eigenvalue weighted by Gasteiger charge is -2.41. The molecule has 1 fully saturated rings. The van der Waals surface area contributed by atoms with Crippen LogP contribution in [0.1, 0.15) is 28.9 Å². The molecule has 2 amide bonds. The van der Waals surface area contributed by atoms with E-state index >= 15 is 0 Å². The number of pyridine rings is 1. The van der Waals surface area contributed by atoms with E-state index in [1.165, 1.54) is 7.11 Å². The summed E-state index contributed by atoms with van der Waals surface area (Å²) in [4.78, 5) is 32.6. The fraction of sp³-hybridized carbons (Fsp3) is 0.316. The summed E-state index contributed by atoms with van der Waals surface area (Å²) in [6, 6.07) is 13.1. The van der Waals surface area contributed by atoms with Crippen LogP contribution >= 0.6 is 0 Å². The summed E-state index contributed by atoms with van der Waals surface area (Å²) in [6.45, 7) is 3.00. The first-order valence-electron chi connectivity index (χ1n) is 8.22. The van der Waals surface area contributed by atoms with Crippen LogP contribution in [0.3, 0.4) is 0 Å². The fourth-order valence-corrected chi connectivity index (χ4v) is 3.19. The van der Waals surface area contributed by atoms with Crippen molar-refractivity contribution in [1.82, 2.24) is 14.8 Å². The zero-order chi connectivity index (χ0) is 17.8. The molecule has 25 heavy (non-hydrogen) atoms. The van der Waals surface area contributed by atoms with E-state index in [0.29, 0.717) is 31.1 Å². The molecule has 0 radical (unpaired) electrons. The summed E-state index contributed by atoms with van der Waals surface area (Å²) in [6.07, 6.45) is 1.59. The molecule has 3 rings (SSSR count). The van der Waals surface area contributed by atoms with E-state index in [0.717, 1.165) is 5.56 Å². The lowest BCUT2D eigenvalue weighted by Crippen LogP contribution is -2.51. The molecule has 6 nitrogen and oxygen atoms in total. The summed E-state index contributed by atoms with van der Waals surface area (Å²) in [5.41, 5.74) is 1.46. The van der Waals surface area contributed by atoms with Gasteiger partial charge in [0.25, 0.3) is 5.91 Å². The Hall–Kier alpha value is -2.89. The van der Waals surface area contributed by atoms with E-state index in [1.54, 1.807) is 30.2 Å². The average Bonchev–Trinajstić information content (AvgIpc) is 2.67. The highest BCUT2D eigenvalue weighted by molar-refractivity contribution is 5.96. The molecule has 0 aliphatic carbocycles. The van der Waals surface area contributed by atoms with Gasteiger partial charge in [0.05, 0.1) is 13.2 Å². The summed E-state index contributed by atoms with van der Waals surface area (Å²) < 4.78 is 5.20. The van der Waals surface area contributed by atoms with Gasteiger partial charge in [-0.2, -0.15) is 0 Å². The summed E-state index contributed by atoms with van der Waals surface area (Å²) in [5, 5.41) is 0. The van der Waals surface area contributed by atoms with Crippen molar-refractivity contribution in [3.63, 3.8) is 0 Å². The van der Waals surface area contributed by atoms with Gasteiger partial charge >= 0.3 is 0 Å². The number of hydrogen-bond donors (Lipinski definition) is 0. The number of nitrogens with zero attached hydrogens (tertiary/aromatic N) is 3. The molecule has 0 N–H and O–H groups in total. The third-order valence-corrected chi connectivity index (χ3v) is 4.45. The van der Waals surface area contributed by atoms with E-state index in [2.05, 4.69) is 4.98 Å². The Bertz CT molecular complexity index is 764. The van der Waals surface area contributed by atoms with Crippen LogP contribution in [0, 0.1) is 0 Å². The molecule has 130 valence electrons. The minimum absolute atomic E-state index is 0.0138. The Morgan fingerprint density at radius 1 is 1.12 bits per heavy atom. The van der Waals surface area contributed by atoms with Crippen LogP contribution in [0.2, 0.25) is 0 Å². The molecule has 6 heteroatoms. The van der Waals surface area contributed by atoms with Gasteiger partial charge in [-0.25, -0.2) is 4.98 Å². The second kappa shape index (κ2) is 7.34. The summed E-state index contributed by atoms with van der Waals surface area (Å²) in [5.74, 6) is 0.201. The van der Waals surface area contributed by atoms with Gasteiger partial charge < -0.3 is 14.5 Å². The number of aromatic nitrogens is 1. The van der Waals surface area contributed by atoms with Crippen LogP contribution in [0.5, 0.6) is 5.88 Å². The maximum atomic E-state index is 12.9. The normalized spacial score (nSPS) is 17.3. The van der Waals surface area contributed by atoms with E-state index in [-0.39, 0.29) is 17.9 Å². The molecule has 0 bridgehead atoms. The van der Waals surface area contributed by atoms with E-state index in [9.17, 15) is 9.59 Å². The molecular formula is C19H21N3O3. The molecule has 1 aromatic heterocycles. The van der Waals surface area contributed by atoms with Crippen molar-refractivity contribution in [3.05, 3.63) is 59.8 Å². The lowest BCUT2D eigenvalue weighted by molar-refractivity contribution is -0.133. The number of carbonyl (C=O) groups excluding carboxylic acids is 2. The van der Waals surface area contributed by atoms with E-state index < -0.39 is 0 Å². The number of hydrogen-bond acceptors (Lipinski definition) is 4. The number of carbonyl (C=O) groups is 2. The maximum Gasteiger partial charge on any atom is 0.259 e. The molecule has 2 aromatic rings. The third-order valence-electron chi connectivity index (χ3n) is 4.45. The topological polar surface area (TPSA) is 62.7 Å². The standard InChI is InChI=1S/C19H21N3O3/c1-14(23)22-12-11-21(13-17(22)15-7-4-3-5-8-15)19(24)16-9-6-10-20-18(16)25-2/h3-10,17H,11-13H2,1-2H3/t17-/m0/s1. The monoisotopic (exact) mass is 339 g/mol. The Kier molecular flexibility index (Phi) is 4.97. The largest absolute Gasteiger partial charge is 0.480 e. The number of benzene rings is 1. The molecule has 1 aliphatic heterocycles. The van der Waals surface area contributed by atoms with Gasteiger partial charge in [0.15, 0.2) is 0 Å². The van der Waals surface area contributed by atoms with Crippen LogP contribution in [-0.4, -0.2) is 53.3 Å². The second-order valence-corrected chi connectivity index (χ2v) is 5.95. The zero-order valence-corrected chi connectivity index (χ0v) is 14.4. The third kappa shape index (κ3) is 3.47. The van der Waals surface area contributed by atoms with Crippen LogP contribution < -0.4 is 4.74 Å². The number of piperazine rings is 1. The van der Waals surface area contributed by atoms with Gasteiger partial charge in [-0.3, -0.25) is 9.59 Å². The minimum atomic E-state index is -0.154. The molecule has 1 atom stereocenters. The molecule has 0 unspecified atom stereocenters. The summed E-state index contributed by atoms with van der Waals surface area (Å²) in [7, 11) is 1.50. The maximum absolute atomic E-state index is 12.9. The molecule has 1 aliphatic rings. The van der Waals surface area contributed by atoms with Crippen molar-refractivity contribution in [2.75, 3.05) is 26.7 Å².